The van der Waals surface area contributed by atoms with Crippen molar-refractivity contribution in [1.82, 2.24) is 4.90 Å². The zero-order valence-corrected chi connectivity index (χ0v) is 15.1. The van der Waals surface area contributed by atoms with Crippen molar-refractivity contribution in [2.24, 2.45) is 0 Å². The van der Waals surface area contributed by atoms with Crippen LogP contribution in [-0.4, -0.2) is 17.4 Å². The minimum Gasteiger partial charge on any atom is -0.458 e. The van der Waals surface area contributed by atoms with Crippen LogP contribution in [0.2, 0.25) is 0 Å². The van der Waals surface area contributed by atoms with Gasteiger partial charge in [0.25, 0.3) is 0 Å². The number of ether oxygens (including phenoxy) is 2. The summed E-state index contributed by atoms with van der Waals surface area (Å²) in [4.78, 5) is 14.7. The number of rotatable bonds is 5. The SMILES string of the molecule is C=C1SC(c2ccc3c(c2)OC=CO3)C(=O)N1CCCc1ccccc1. The predicted octanol–water partition coefficient (Wildman–Crippen LogP) is 4.65. The molecule has 2 aliphatic rings. The molecule has 0 aliphatic carbocycles. The molecule has 0 saturated carbocycles. The first-order valence-electron chi connectivity index (χ1n) is 8.55. The van der Waals surface area contributed by atoms with E-state index in [1.165, 1.54) is 29.8 Å². The van der Waals surface area contributed by atoms with Gasteiger partial charge >= 0.3 is 0 Å². The van der Waals surface area contributed by atoms with Gasteiger partial charge in [-0.15, -0.1) is 0 Å². The number of benzene rings is 2. The highest BCUT2D eigenvalue weighted by atomic mass is 32.2. The summed E-state index contributed by atoms with van der Waals surface area (Å²) in [6.45, 7) is 4.76. The number of nitrogens with zero attached hydrogens (tertiary/aromatic N) is 1. The molecule has 26 heavy (non-hydrogen) atoms. The molecule has 0 bridgehead atoms. The van der Waals surface area contributed by atoms with E-state index in [9.17, 15) is 4.79 Å². The van der Waals surface area contributed by atoms with Crippen molar-refractivity contribution in [3.05, 3.63) is 83.8 Å². The molecule has 0 radical (unpaired) electrons. The Morgan fingerprint density at radius 1 is 1.04 bits per heavy atom. The maximum atomic E-state index is 12.9. The third-order valence-electron chi connectivity index (χ3n) is 4.45. The van der Waals surface area contributed by atoms with Gasteiger partial charge in [-0.05, 0) is 36.1 Å². The number of carbonyl (C=O) groups excluding carboxylic acids is 1. The van der Waals surface area contributed by atoms with E-state index in [2.05, 4.69) is 18.7 Å². The van der Waals surface area contributed by atoms with Crippen molar-refractivity contribution in [3.8, 4) is 11.5 Å². The molecule has 0 N–H and O–H groups in total. The third kappa shape index (κ3) is 3.35. The van der Waals surface area contributed by atoms with Gasteiger partial charge in [0.1, 0.15) is 17.8 Å². The Hall–Kier alpha value is -2.66. The fourth-order valence-electron chi connectivity index (χ4n) is 3.13. The summed E-state index contributed by atoms with van der Waals surface area (Å²) in [6.07, 6.45) is 4.84. The molecule has 1 fully saturated rings. The lowest BCUT2D eigenvalue weighted by atomic mass is 10.1. The molecule has 0 spiro atoms. The summed E-state index contributed by atoms with van der Waals surface area (Å²) in [5.41, 5.74) is 2.19. The molecule has 4 nitrogen and oxygen atoms in total. The van der Waals surface area contributed by atoms with Crippen LogP contribution in [0.3, 0.4) is 0 Å². The van der Waals surface area contributed by atoms with Crippen molar-refractivity contribution in [3.63, 3.8) is 0 Å². The fourth-order valence-corrected chi connectivity index (χ4v) is 4.22. The second-order valence-electron chi connectivity index (χ2n) is 6.18. The van der Waals surface area contributed by atoms with Gasteiger partial charge in [-0.2, -0.15) is 0 Å². The van der Waals surface area contributed by atoms with Crippen LogP contribution in [0.25, 0.3) is 0 Å². The maximum Gasteiger partial charge on any atom is 0.245 e. The van der Waals surface area contributed by atoms with E-state index in [1.807, 2.05) is 36.4 Å². The molecular weight excluding hydrogens is 346 g/mol. The largest absolute Gasteiger partial charge is 0.458 e. The lowest BCUT2D eigenvalue weighted by Crippen LogP contribution is -2.27. The molecule has 1 unspecified atom stereocenters. The molecule has 4 rings (SSSR count). The third-order valence-corrected chi connectivity index (χ3v) is 5.65. The van der Waals surface area contributed by atoms with E-state index in [1.54, 1.807) is 4.90 Å². The monoisotopic (exact) mass is 365 g/mol. The zero-order valence-electron chi connectivity index (χ0n) is 14.3. The van der Waals surface area contributed by atoms with Crippen LogP contribution in [0.4, 0.5) is 0 Å². The highest BCUT2D eigenvalue weighted by Crippen LogP contribution is 2.46. The van der Waals surface area contributed by atoms with Crippen molar-refractivity contribution in [2.75, 3.05) is 6.54 Å². The lowest BCUT2D eigenvalue weighted by Gasteiger charge is -2.17. The van der Waals surface area contributed by atoms with Crippen LogP contribution in [0.5, 0.6) is 11.5 Å². The molecule has 2 heterocycles. The summed E-state index contributed by atoms with van der Waals surface area (Å²) in [7, 11) is 0. The second-order valence-corrected chi connectivity index (χ2v) is 7.36. The lowest BCUT2D eigenvalue weighted by molar-refractivity contribution is -0.127. The quantitative estimate of drug-likeness (QED) is 0.773. The van der Waals surface area contributed by atoms with Crippen molar-refractivity contribution in [1.29, 1.82) is 0 Å². The first kappa shape index (κ1) is 16.8. The Balaban J connectivity index is 1.42. The van der Waals surface area contributed by atoms with Gasteiger partial charge in [0, 0.05) is 6.54 Å². The van der Waals surface area contributed by atoms with Gasteiger partial charge in [-0.3, -0.25) is 4.79 Å². The second kappa shape index (κ2) is 7.30. The molecule has 5 heteroatoms. The van der Waals surface area contributed by atoms with Crippen LogP contribution in [0, 0.1) is 0 Å². The Morgan fingerprint density at radius 3 is 2.62 bits per heavy atom. The van der Waals surface area contributed by atoms with Gasteiger partial charge in [0.05, 0.1) is 5.03 Å². The fraction of sp³-hybridized carbons (Fsp3) is 0.190. The number of thioether (sulfide) groups is 1. The van der Waals surface area contributed by atoms with Crippen LogP contribution in [0.1, 0.15) is 22.8 Å². The number of fused-ring (bicyclic) bond motifs is 1. The molecule has 1 atom stereocenters. The maximum absolute atomic E-state index is 12.9. The Morgan fingerprint density at radius 2 is 1.81 bits per heavy atom. The molecule has 2 aliphatic heterocycles. The van der Waals surface area contributed by atoms with Gasteiger partial charge in [0.15, 0.2) is 11.5 Å². The van der Waals surface area contributed by atoms with E-state index in [0.717, 1.165) is 23.4 Å². The van der Waals surface area contributed by atoms with Gasteiger partial charge in [-0.25, -0.2) is 0 Å². The summed E-state index contributed by atoms with van der Waals surface area (Å²) in [5, 5.41) is 0.530. The molecule has 2 aromatic carbocycles. The molecule has 2 aromatic rings. The van der Waals surface area contributed by atoms with Gasteiger partial charge < -0.3 is 14.4 Å². The summed E-state index contributed by atoms with van der Waals surface area (Å²) in [5.74, 6) is 1.37. The highest BCUT2D eigenvalue weighted by Gasteiger charge is 2.36. The van der Waals surface area contributed by atoms with E-state index < -0.39 is 0 Å². The molecule has 1 amide bonds. The average molecular weight is 365 g/mol. The van der Waals surface area contributed by atoms with Crippen LogP contribution < -0.4 is 9.47 Å². The van der Waals surface area contributed by atoms with Crippen LogP contribution in [0.15, 0.2) is 72.7 Å². The molecular formula is C21H19NO3S. The van der Waals surface area contributed by atoms with Gasteiger partial charge in [-0.1, -0.05) is 54.7 Å². The van der Waals surface area contributed by atoms with Crippen LogP contribution >= 0.6 is 11.8 Å². The standard InChI is InChI=1S/C21H19NO3S/c1-15-22(11-5-8-16-6-3-2-4-7-16)21(23)20(26-15)17-9-10-18-19(14-17)25-13-12-24-18/h2-4,6-7,9-10,12-14,20H,1,5,8,11H2. The summed E-state index contributed by atoms with van der Waals surface area (Å²) < 4.78 is 10.8. The van der Waals surface area contributed by atoms with E-state index in [0.29, 0.717) is 18.0 Å². The molecule has 0 aromatic heterocycles. The normalized spacial score (nSPS) is 18.5. The number of amides is 1. The average Bonchev–Trinajstić information content (AvgIpc) is 2.97. The van der Waals surface area contributed by atoms with Crippen molar-refractivity contribution >= 4 is 17.7 Å². The molecule has 132 valence electrons. The summed E-state index contributed by atoms with van der Waals surface area (Å²) >= 11 is 1.50. The highest BCUT2D eigenvalue weighted by molar-refractivity contribution is 8.04. The van der Waals surface area contributed by atoms with Crippen molar-refractivity contribution < 1.29 is 14.3 Å². The smallest absolute Gasteiger partial charge is 0.245 e. The first-order valence-corrected chi connectivity index (χ1v) is 9.43. The summed E-state index contributed by atoms with van der Waals surface area (Å²) in [6, 6.07) is 15.9. The minimum absolute atomic E-state index is 0.0836. The number of hydrogen-bond acceptors (Lipinski definition) is 4. The first-order chi connectivity index (χ1) is 12.7. The number of carbonyl (C=O) groups is 1. The number of hydrogen-bond donors (Lipinski definition) is 0. The minimum atomic E-state index is -0.279. The van der Waals surface area contributed by atoms with E-state index >= 15 is 0 Å². The molecule has 1 saturated heterocycles. The Labute approximate surface area is 157 Å². The van der Waals surface area contributed by atoms with Crippen LogP contribution in [-0.2, 0) is 11.2 Å². The topological polar surface area (TPSA) is 38.8 Å². The Kier molecular flexibility index (Phi) is 4.71. The van der Waals surface area contributed by atoms with Gasteiger partial charge in [0.2, 0.25) is 5.91 Å². The number of aryl methyl sites for hydroxylation is 1. The zero-order chi connectivity index (χ0) is 17.9. The Bertz CT molecular complexity index is 863. The van der Waals surface area contributed by atoms with Crippen molar-refractivity contribution in [2.45, 2.75) is 18.1 Å². The van der Waals surface area contributed by atoms with E-state index in [4.69, 9.17) is 9.47 Å². The predicted molar refractivity (Wildman–Crippen MR) is 103 cm³/mol. The van der Waals surface area contributed by atoms with E-state index in [-0.39, 0.29) is 11.2 Å².